The summed E-state index contributed by atoms with van der Waals surface area (Å²) in [7, 11) is 0. The second-order valence-corrected chi connectivity index (χ2v) is 5.30. The summed E-state index contributed by atoms with van der Waals surface area (Å²) in [5.74, 6) is -0.875. The Bertz CT molecular complexity index is 604. The molecule has 0 spiro atoms. The highest BCUT2D eigenvalue weighted by Gasteiger charge is 2.38. The van der Waals surface area contributed by atoms with Gasteiger partial charge >= 0.3 is 6.18 Å². The van der Waals surface area contributed by atoms with Gasteiger partial charge < -0.3 is 15.0 Å². The fourth-order valence-electron chi connectivity index (χ4n) is 2.26. The first kappa shape index (κ1) is 15.7. The first-order chi connectivity index (χ1) is 9.82. The van der Waals surface area contributed by atoms with Crippen molar-refractivity contribution in [3.05, 3.63) is 30.5 Å². The quantitative estimate of drug-likeness (QED) is 0.917. The molecule has 1 atom stereocenters. The molecule has 0 radical (unpaired) electrons. The molecule has 1 aromatic carbocycles. The van der Waals surface area contributed by atoms with Crippen LogP contribution in [0.4, 0.5) is 13.2 Å². The third kappa shape index (κ3) is 3.50. The molecule has 2 N–H and O–H groups in total. The zero-order valence-electron chi connectivity index (χ0n) is 12.0. The van der Waals surface area contributed by atoms with Gasteiger partial charge in [-0.05, 0) is 32.0 Å². The zero-order valence-corrected chi connectivity index (χ0v) is 12.0. The molecule has 0 aliphatic heterocycles. The highest BCUT2D eigenvalue weighted by atomic mass is 19.4. The van der Waals surface area contributed by atoms with Crippen molar-refractivity contribution in [2.75, 3.05) is 6.54 Å². The van der Waals surface area contributed by atoms with E-state index in [0.717, 1.165) is 10.9 Å². The molecule has 0 amide bonds. The fourth-order valence-corrected chi connectivity index (χ4v) is 2.26. The Morgan fingerprint density at radius 3 is 2.52 bits per heavy atom. The predicted molar refractivity (Wildman–Crippen MR) is 76.3 cm³/mol. The van der Waals surface area contributed by atoms with Crippen molar-refractivity contribution < 1.29 is 17.9 Å². The summed E-state index contributed by atoms with van der Waals surface area (Å²) in [6.45, 7) is 3.20. The highest BCUT2D eigenvalue weighted by molar-refractivity contribution is 5.86. The molecule has 0 bridgehead atoms. The van der Waals surface area contributed by atoms with Crippen LogP contribution in [0.2, 0.25) is 0 Å². The Morgan fingerprint density at radius 1 is 1.24 bits per heavy atom. The van der Waals surface area contributed by atoms with Gasteiger partial charge in [0.2, 0.25) is 0 Å². The molecule has 1 aromatic heterocycles. The Labute approximate surface area is 121 Å². The van der Waals surface area contributed by atoms with Crippen LogP contribution in [-0.2, 0) is 6.54 Å². The van der Waals surface area contributed by atoms with Gasteiger partial charge in [0, 0.05) is 24.7 Å². The van der Waals surface area contributed by atoms with Crippen LogP contribution in [0.5, 0.6) is 5.75 Å². The summed E-state index contributed by atoms with van der Waals surface area (Å²) < 4.78 is 45.8. The number of nitrogens with two attached hydrogens (primary N) is 1. The molecule has 1 heterocycles. The van der Waals surface area contributed by atoms with E-state index in [0.29, 0.717) is 5.75 Å². The summed E-state index contributed by atoms with van der Waals surface area (Å²) in [6, 6.07) is 7.15. The molecule has 0 aliphatic carbocycles. The molecule has 0 aliphatic rings. The third-order valence-corrected chi connectivity index (χ3v) is 3.30. The van der Waals surface area contributed by atoms with Crippen LogP contribution >= 0.6 is 0 Å². The van der Waals surface area contributed by atoms with E-state index in [4.69, 9.17) is 10.5 Å². The number of hydrogen-bond acceptors (Lipinski definition) is 2. The molecule has 6 heteroatoms. The molecule has 0 saturated heterocycles. The van der Waals surface area contributed by atoms with E-state index in [9.17, 15) is 13.2 Å². The van der Waals surface area contributed by atoms with E-state index in [2.05, 4.69) is 0 Å². The van der Waals surface area contributed by atoms with Gasteiger partial charge in [0.15, 0.2) is 0 Å². The molecule has 0 saturated carbocycles. The molecule has 0 fully saturated rings. The maximum Gasteiger partial charge on any atom is 0.394 e. The summed E-state index contributed by atoms with van der Waals surface area (Å²) >= 11 is 0. The Hall–Kier alpha value is -1.69. The van der Waals surface area contributed by atoms with Crippen LogP contribution in [0.1, 0.15) is 13.8 Å². The number of nitrogens with zero attached hydrogens (tertiary/aromatic N) is 1. The second-order valence-electron chi connectivity index (χ2n) is 5.30. The van der Waals surface area contributed by atoms with E-state index in [-0.39, 0.29) is 12.6 Å². The Kier molecular flexibility index (Phi) is 4.46. The number of fused-ring (bicyclic) bond motifs is 1. The summed E-state index contributed by atoms with van der Waals surface area (Å²) in [5.41, 5.74) is 5.98. The second kappa shape index (κ2) is 5.97. The minimum Gasteiger partial charge on any atom is -0.490 e. The number of hydrogen-bond donors (Lipinski definition) is 1. The van der Waals surface area contributed by atoms with E-state index in [1.807, 2.05) is 19.9 Å². The van der Waals surface area contributed by atoms with Gasteiger partial charge in [0.25, 0.3) is 0 Å². The van der Waals surface area contributed by atoms with Crippen molar-refractivity contribution >= 4 is 10.9 Å². The molecular weight excluding hydrogens is 281 g/mol. The van der Waals surface area contributed by atoms with Gasteiger partial charge in [-0.2, -0.15) is 13.2 Å². The van der Waals surface area contributed by atoms with Gasteiger partial charge in [0.1, 0.15) is 5.75 Å². The van der Waals surface area contributed by atoms with Crippen molar-refractivity contribution in [2.45, 2.75) is 32.7 Å². The number of aromatic nitrogens is 1. The summed E-state index contributed by atoms with van der Waals surface area (Å²) in [5, 5.41) is 0.809. The number of benzene rings is 1. The molecule has 2 aromatic rings. The van der Waals surface area contributed by atoms with Crippen LogP contribution in [0.25, 0.3) is 10.9 Å². The number of halogens is 3. The van der Waals surface area contributed by atoms with Gasteiger partial charge in [-0.15, -0.1) is 0 Å². The van der Waals surface area contributed by atoms with Gasteiger partial charge in [-0.1, -0.05) is 6.07 Å². The lowest BCUT2D eigenvalue weighted by Crippen LogP contribution is -2.33. The average Bonchev–Trinajstić information content (AvgIpc) is 2.78. The van der Waals surface area contributed by atoms with Crippen molar-refractivity contribution in [3.8, 4) is 5.75 Å². The minimum absolute atomic E-state index is 0.00548. The van der Waals surface area contributed by atoms with Gasteiger partial charge in [-0.25, -0.2) is 0 Å². The lowest BCUT2D eigenvalue weighted by molar-refractivity contribution is -0.174. The van der Waals surface area contributed by atoms with Crippen LogP contribution in [0, 0.1) is 5.92 Å². The van der Waals surface area contributed by atoms with E-state index >= 15 is 0 Å². The number of ether oxygens (including phenoxy) is 1. The lowest BCUT2D eigenvalue weighted by atomic mass is 10.1. The van der Waals surface area contributed by atoms with Crippen LogP contribution in [0.3, 0.4) is 0 Å². The van der Waals surface area contributed by atoms with Gasteiger partial charge in [0.05, 0.1) is 17.5 Å². The van der Waals surface area contributed by atoms with Crippen LogP contribution in [0.15, 0.2) is 30.5 Å². The van der Waals surface area contributed by atoms with Crippen molar-refractivity contribution in [3.63, 3.8) is 0 Å². The lowest BCUT2D eigenvalue weighted by Gasteiger charge is -2.19. The zero-order chi connectivity index (χ0) is 15.6. The Balaban J connectivity index is 2.34. The van der Waals surface area contributed by atoms with E-state index in [1.165, 1.54) is 0 Å². The number of alkyl halides is 3. The fraction of sp³-hybridized carbons (Fsp3) is 0.467. The standard InChI is InChI=1S/C15H19F3N2O/c1-10(2)21-14-5-3-4-13-12(14)6-7-20(13)9-11(8-19)15(16,17)18/h3-7,10-11H,8-9,19H2,1-2H3. The number of rotatable bonds is 5. The van der Waals surface area contributed by atoms with Crippen molar-refractivity contribution in [1.29, 1.82) is 0 Å². The molecule has 116 valence electrons. The third-order valence-electron chi connectivity index (χ3n) is 3.30. The van der Waals surface area contributed by atoms with Crippen LogP contribution < -0.4 is 10.5 Å². The topological polar surface area (TPSA) is 40.2 Å². The minimum atomic E-state index is -4.29. The molecule has 3 nitrogen and oxygen atoms in total. The average molecular weight is 300 g/mol. The van der Waals surface area contributed by atoms with Gasteiger partial charge in [-0.3, -0.25) is 0 Å². The van der Waals surface area contributed by atoms with E-state index < -0.39 is 18.6 Å². The summed E-state index contributed by atoms with van der Waals surface area (Å²) in [4.78, 5) is 0. The Morgan fingerprint density at radius 2 is 1.95 bits per heavy atom. The molecule has 21 heavy (non-hydrogen) atoms. The first-order valence-corrected chi connectivity index (χ1v) is 6.84. The first-order valence-electron chi connectivity index (χ1n) is 6.84. The SMILES string of the molecule is CC(C)Oc1cccc2c1ccn2CC(CN)C(F)(F)F. The molecular formula is C15H19F3N2O. The molecule has 2 rings (SSSR count). The monoisotopic (exact) mass is 300 g/mol. The highest BCUT2D eigenvalue weighted by Crippen LogP contribution is 2.31. The maximum absolute atomic E-state index is 12.8. The predicted octanol–water partition coefficient (Wildman–Crippen LogP) is 3.57. The normalized spacial score (nSPS) is 13.9. The largest absolute Gasteiger partial charge is 0.490 e. The van der Waals surface area contributed by atoms with Crippen molar-refractivity contribution in [1.82, 2.24) is 4.57 Å². The van der Waals surface area contributed by atoms with E-state index in [1.54, 1.807) is 29.0 Å². The molecule has 1 unspecified atom stereocenters. The van der Waals surface area contributed by atoms with Crippen molar-refractivity contribution in [2.24, 2.45) is 11.7 Å². The smallest absolute Gasteiger partial charge is 0.394 e. The van der Waals surface area contributed by atoms with Crippen LogP contribution in [-0.4, -0.2) is 23.4 Å². The maximum atomic E-state index is 12.8. The summed E-state index contributed by atoms with van der Waals surface area (Å²) in [6.07, 6.45) is -2.64.